The number of carbonyl (C=O) groups excluding carboxylic acids is 2. The van der Waals surface area contributed by atoms with Crippen LogP contribution in [-0.2, 0) is 33.3 Å². The summed E-state index contributed by atoms with van der Waals surface area (Å²) < 4.78 is 23.0. The largest absolute Gasteiger partial charge is 0.477 e. The number of quaternary nitrogens is 1. The number of nitrogens with zero attached hydrogens (tertiary/aromatic N) is 1. The lowest BCUT2D eigenvalue weighted by atomic mass is 10.0. The van der Waals surface area contributed by atoms with Gasteiger partial charge in [0.2, 0.25) is 0 Å². The maximum atomic E-state index is 12.9. The van der Waals surface area contributed by atoms with Crippen molar-refractivity contribution < 1.29 is 42.9 Å². The molecule has 0 aromatic rings. The van der Waals surface area contributed by atoms with Gasteiger partial charge >= 0.3 is 17.9 Å². The second-order valence-electron chi connectivity index (χ2n) is 24.5. The Hall–Kier alpha value is -4.31. The zero-order valence-electron chi connectivity index (χ0n) is 56.2. The Morgan fingerprint density at radius 1 is 0.360 bits per heavy atom. The Labute approximate surface area is 529 Å². The van der Waals surface area contributed by atoms with Crippen molar-refractivity contribution in [1.29, 1.82) is 0 Å². The van der Waals surface area contributed by atoms with E-state index in [0.29, 0.717) is 23.9 Å². The maximum absolute atomic E-state index is 12.9. The van der Waals surface area contributed by atoms with Gasteiger partial charge in [0.25, 0.3) is 6.29 Å². The molecule has 0 aromatic carbocycles. The molecule has 0 aromatic heterocycles. The molecule has 0 heterocycles. The molecule has 1 N–H and O–H groups in total. The highest BCUT2D eigenvalue weighted by Crippen LogP contribution is 2.17. The number of likely N-dealkylation sites (N-methyl/N-ethyl adjacent to an activating group) is 1. The van der Waals surface area contributed by atoms with Gasteiger partial charge in [-0.05, 0) is 89.9 Å². The Kier molecular flexibility index (Phi) is 63.3. The molecule has 9 nitrogen and oxygen atoms in total. The van der Waals surface area contributed by atoms with Crippen molar-refractivity contribution >= 4 is 17.9 Å². The van der Waals surface area contributed by atoms with Crippen LogP contribution in [0.5, 0.6) is 0 Å². The first-order chi connectivity index (χ1) is 42.1. The molecule has 0 saturated heterocycles. The number of ether oxygens (including phenoxy) is 4. The van der Waals surface area contributed by atoms with E-state index in [0.717, 1.165) is 122 Å². The molecule has 2 atom stereocenters. The van der Waals surface area contributed by atoms with E-state index >= 15 is 0 Å². The number of carboxylic acids is 1. The van der Waals surface area contributed by atoms with E-state index in [1.807, 2.05) is 21.1 Å². The molecule has 2 unspecified atom stereocenters. The van der Waals surface area contributed by atoms with Crippen molar-refractivity contribution in [2.24, 2.45) is 0 Å². The van der Waals surface area contributed by atoms with Gasteiger partial charge in [-0.25, -0.2) is 4.79 Å². The van der Waals surface area contributed by atoms with Crippen molar-refractivity contribution in [3.05, 3.63) is 122 Å². The summed E-state index contributed by atoms with van der Waals surface area (Å²) in [5.74, 6) is -2.02. The normalized spacial score (nSPS) is 13.5. The number of aliphatic carboxylic acids is 1. The van der Waals surface area contributed by atoms with Crippen LogP contribution in [0.25, 0.3) is 0 Å². The van der Waals surface area contributed by atoms with Gasteiger partial charge in [-0.3, -0.25) is 9.59 Å². The predicted molar refractivity (Wildman–Crippen MR) is 368 cm³/mol. The number of carboxylic acid groups (broad SMARTS) is 1. The van der Waals surface area contributed by atoms with Crippen LogP contribution in [0, 0.1) is 0 Å². The third-order valence-electron chi connectivity index (χ3n) is 15.0. The molecule has 0 fully saturated rings. The molecule has 0 aliphatic heterocycles. The molecule has 86 heavy (non-hydrogen) atoms. The summed E-state index contributed by atoms with van der Waals surface area (Å²) in [5, 5.41) is 9.74. The van der Waals surface area contributed by atoms with E-state index in [-0.39, 0.29) is 32.2 Å². The Bertz CT molecular complexity index is 1830. The minimum Gasteiger partial charge on any atom is -0.477 e. The lowest BCUT2D eigenvalue weighted by Gasteiger charge is -2.25. The van der Waals surface area contributed by atoms with E-state index in [2.05, 4.69) is 135 Å². The number of esters is 2. The first kappa shape index (κ1) is 81.7. The van der Waals surface area contributed by atoms with Crippen LogP contribution in [0.1, 0.15) is 290 Å². The second kappa shape index (κ2) is 66.6. The summed E-state index contributed by atoms with van der Waals surface area (Å²) in [6, 6.07) is 0. The van der Waals surface area contributed by atoms with Gasteiger partial charge in [0, 0.05) is 12.8 Å². The summed E-state index contributed by atoms with van der Waals surface area (Å²) in [7, 11) is 5.97. The van der Waals surface area contributed by atoms with Crippen molar-refractivity contribution in [3.8, 4) is 0 Å². The van der Waals surface area contributed by atoms with Crippen molar-refractivity contribution in [1.82, 2.24) is 0 Å². The van der Waals surface area contributed by atoms with Gasteiger partial charge in [0.15, 0.2) is 6.10 Å². The standard InChI is InChI=1S/C77H131NO8/c1-6-8-10-12-14-16-18-20-22-24-26-28-30-32-33-34-35-36-37-38-39-40-41-42-43-44-46-48-50-52-54-56-58-60-62-64-66-68-75(80)86-73(72-85-77(76(81)82)83-70-69-78(3,4)5)71-84-74(79)67-65-63-61-59-57-55-53-51-49-47-45-31-29-27-25-23-21-19-17-15-13-11-9-7-2/h8,10,14,16,20,22,26,28,32-33,35-36,38-39,41-42,44,46,50,52,73,77H,6-7,9,11-13,15,17-19,21,23-25,27,29-31,34,37,40,43,45,47-49,51,53-72H2,1-5H3/p+1/b10-8-,16-14-,22-20-,28-26-,33-32-,36-35-,39-38-,42-41-,46-44-,52-50-. The van der Waals surface area contributed by atoms with Crippen LogP contribution in [0.2, 0.25) is 0 Å². The van der Waals surface area contributed by atoms with E-state index in [1.165, 1.54) is 135 Å². The fourth-order valence-electron chi connectivity index (χ4n) is 9.63. The Morgan fingerprint density at radius 3 is 0.988 bits per heavy atom. The third kappa shape index (κ3) is 67.2. The van der Waals surface area contributed by atoms with Gasteiger partial charge in [-0.2, -0.15) is 0 Å². The fraction of sp³-hybridized carbons (Fsp3) is 0.701. The summed E-state index contributed by atoms with van der Waals surface area (Å²) in [5.41, 5.74) is 0. The number of unbranched alkanes of at least 4 members (excludes halogenated alkanes) is 29. The first-order valence-corrected chi connectivity index (χ1v) is 35.2. The highest BCUT2D eigenvalue weighted by molar-refractivity contribution is 5.71. The lowest BCUT2D eigenvalue weighted by Crippen LogP contribution is -2.40. The third-order valence-corrected chi connectivity index (χ3v) is 15.0. The maximum Gasteiger partial charge on any atom is 0.361 e. The van der Waals surface area contributed by atoms with Crippen molar-refractivity contribution in [3.63, 3.8) is 0 Å². The van der Waals surface area contributed by atoms with Crippen LogP contribution in [0.15, 0.2) is 122 Å². The predicted octanol–water partition coefficient (Wildman–Crippen LogP) is 22.0. The van der Waals surface area contributed by atoms with Gasteiger partial charge < -0.3 is 28.5 Å². The molecular weight excluding hydrogens is 1070 g/mol. The van der Waals surface area contributed by atoms with Crippen molar-refractivity contribution in [2.75, 3.05) is 47.5 Å². The molecule has 492 valence electrons. The zero-order valence-corrected chi connectivity index (χ0v) is 56.2. The second-order valence-corrected chi connectivity index (χ2v) is 24.5. The summed E-state index contributed by atoms with van der Waals surface area (Å²) in [6.07, 6.45) is 91.6. The topological polar surface area (TPSA) is 108 Å². The van der Waals surface area contributed by atoms with Crippen LogP contribution in [-0.4, -0.2) is 87.4 Å². The molecule has 0 radical (unpaired) electrons. The molecule has 0 spiro atoms. The highest BCUT2D eigenvalue weighted by Gasteiger charge is 2.25. The SMILES string of the molecule is CC/C=C\C/C=C\C/C=C\C/C=C\C/C=C\C/C=C\C/C=C\C/C=C\C/C=C\C/C=C\CCCCCCCCC(=O)OC(COC(=O)CCCCCCCCCCCCCCCCCCCCCCCCCC)COC(OCC[N+](C)(C)C)C(=O)O. The smallest absolute Gasteiger partial charge is 0.361 e. The minimum atomic E-state index is -1.52. The summed E-state index contributed by atoms with van der Waals surface area (Å²) in [4.78, 5) is 37.6. The zero-order chi connectivity index (χ0) is 62.6. The van der Waals surface area contributed by atoms with Crippen LogP contribution in [0.3, 0.4) is 0 Å². The number of hydrogen-bond acceptors (Lipinski definition) is 7. The molecule has 0 bridgehead atoms. The average Bonchev–Trinajstić information content (AvgIpc) is 3.64. The minimum absolute atomic E-state index is 0.180. The van der Waals surface area contributed by atoms with E-state index < -0.39 is 24.3 Å². The fourth-order valence-corrected chi connectivity index (χ4v) is 9.63. The molecule has 0 aliphatic rings. The molecule has 0 amide bonds. The lowest BCUT2D eigenvalue weighted by molar-refractivity contribution is -0.870. The van der Waals surface area contributed by atoms with Gasteiger partial charge in [0.1, 0.15) is 13.2 Å². The quantitative estimate of drug-likeness (QED) is 0.0211. The number of carbonyl (C=O) groups is 3. The van der Waals surface area contributed by atoms with Gasteiger partial charge in [-0.15, -0.1) is 0 Å². The Morgan fingerprint density at radius 2 is 0.663 bits per heavy atom. The van der Waals surface area contributed by atoms with E-state index in [9.17, 15) is 19.5 Å². The highest BCUT2D eigenvalue weighted by atomic mass is 16.7. The molecule has 0 aliphatic carbocycles. The summed E-state index contributed by atoms with van der Waals surface area (Å²) >= 11 is 0. The number of hydrogen-bond donors (Lipinski definition) is 1. The van der Waals surface area contributed by atoms with Gasteiger partial charge in [-0.1, -0.05) is 309 Å². The van der Waals surface area contributed by atoms with Crippen LogP contribution < -0.4 is 0 Å². The van der Waals surface area contributed by atoms with Crippen LogP contribution in [0.4, 0.5) is 0 Å². The molecule has 9 heteroatoms. The number of allylic oxidation sites excluding steroid dienone is 20. The van der Waals surface area contributed by atoms with Crippen molar-refractivity contribution in [2.45, 2.75) is 302 Å². The van der Waals surface area contributed by atoms with E-state index in [4.69, 9.17) is 18.9 Å². The first-order valence-electron chi connectivity index (χ1n) is 35.2. The molecular formula is C77H132NO8+. The average molecular weight is 1200 g/mol. The molecule has 0 rings (SSSR count). The van der Waals surface area contributed by atoms with Gasteiger partial charge in [0.05, 0.1) is 34.4 Å². The Balaban J connectivity index is 4.20. The monoisotopic (exact) mass is 1200 g/mol. The summed E-state index contributed by atoms with van der Waals surface area (Å²) in [6.45, 7) is 4.77. The molecule has 0 saturated carbocycles. The van der Waals surface area contributed by atoms with Crippen LogP contribution >= 0.6 is 0 Å². The number of rotatable bonds is 64. The van der Waals surface area contributed by atoms with E-state index in [1.54, 1.807) is 0 Å².